The zero-order chi connectivity index (χ0) is 15.8. The molecule has 21 heavy (non-hydrogen) atoms. The molecule has 4 atom stereocenters. The Balaban J connectivity index is 2.46. The predicted octanol–water partition coefficient (Wildman–Crippen LogP) is 4.69. The Labute approximate surface area is 130 Å². The summed E-state index contributed by atoms with van der Waals surface area (Å²) in [7, 11) is 2.20. The molecule has 116 valence electrons. The largest absolute Gasteiger partial charge is 0.303 e. The Hall–Kier alpha value is -1.33. The molecule has 0 aliphatic rings. The van der Waals surface area contributed by atoms with Crippen LogP contribution in [0.3, 0.4) is 0 Å². The van der Waals surface area contributed by atoms with Crippen molar-refractivity contribution in [3.05, 3.63) is 35.9 Å². The van der Waals surface area contributed by atoms with Crippen molar-refractivity contribution in [2.45, 2.75) is 52.5 Å². The van der Waals surface area contributed by atoms with Crippen molar-refractivity contribution in [2.24, 2.45) is 11.8 Å². The van der Waals surface area contributed by atoms with Crippen LogP contribution in [0.5, 0.6) is 0 Å². The van der Waals surface area contributed by atoms with Crippen molar-refractivity contribution < 1.29 is 0 Å². The van der Waals surface area contributed by atoms with Gasteiger partial charge in [-0.2, -0.15) is 5.26 Å². The summed E-state index contributed by atoms with van der Waals surface area (Å²) in [5.41, 5.74) is 1.42. The van der Waals surface area contributed by atoms with E-state index in [1.807, 2.05) is 6.92 Å². The van der Waals surface area contributed by atoms with Crippen LogP contribution in [0.1, 0.15) is 52.0 Å². The fourth-order valence-corrected chi connectivity index (χ4v) is 2.65. The Bertz CT molecular complexity index is 435. The van der Waals surface area contributed by atoms with Crippen molar-refractivity contribution in [2.75, 3.05) is 13.6 Å². The number of benzene rings is 1. The fourth-order valence-electron chi connectivity index (χ4n) is 2.65. The molecular formula is C19H30N2. The summed E-state index contributed by atoms with van der Waals surface area (Å²) < 4.78 is 0. The van der Waals surface area contributed by atoms with Gasteiger partial charge in [0.2, 0.25) is 0 Å². The summed E-state index contributed by atoms with van der Waals surface area (Å²) in [6.45, 7) is 10.0. The highest BCUT2D eigenvalue weighted by atomic mass is 15.1. The van der Waals surface area contributed by atoms with Gasteiger partial charge in [0.25, 0.3) is 0 Å². The quantitative estimate of drug-likeness (QED) is 0.693. The monoisotopic (exact) mass is 286 g/mol. The van der Waals surface area contributed by atoms with Gasteiger partial charge in [-0.1, -0.05) is 44.2 Å². The van der Waals surface area contributed by atoms with Crippen molar-refractivity contribution in [3.8, 4) is 6.07 Å². The zero-order valence-corrected chi connectivity index (χ0v) is 14.2. The molecule has 1 rings (SSSR count). The number of hydrogen-bond acceptors (Lipinski definition) is 2. The first kappa shape index (κ1) is 17.7. The number of rotatable bonds is 8. The lowest BCUT2D eigenvalue weighted by Gasteiger charge is -2.30. The van der Waals surface area contributed by atoms with Crippen LogP contribution in [-0.4, -0.2) is 24.5 Å². The van der Waals surface area contributed by atoms with Gasteiger partial charge < -0.3 is 4.90 Å². The van der Waals surface area contributed by atoms with Crippen molar-refractivity contribution in [3.63, 3.8) is 0 Å². The van der Waals surface area contributed by atoms with Crippen molar-refractivity contribution >= 4 is 0 Å². The topological polar surface area (TPSA) is 27.0 Å². The molecule has 0 bridgehead atoms. The summed E-state index contributed by atoms with van der Waals surface area (Å²) in [6, 6.07) is 13.6. The Kier molecular flexibility index (Phi) is 7.47. The third-order valence-corrected chi connectivity index (χ3v) is 4.75. The van der Waals surface area contributed by atoms with E-state index in [9.17, 15) is 0 Å². The lowest BCUT2D eigenvalue weighted by molar-refractivity contribution is 0.199. The van der Waals surface area contributed by atoms with Gasteiger partial charge in [0.1, 0.15) is 0 Å². The van der Waals surface area contributed by atoms with Gasteiger partial charge in [0, 0.05) is 18.5 Å². The number of hydrogen-bond donors (Lipinski definition) is 0. The number of nitriles is 1. The molecule has 2 heteroatoms. The standard InChI is InChI=1S/C19H30N2/c1-15(13-20)11-12-17(3)21(5)14-16(2)18(4)19-9-7-6-8-10-19/h6-10,15-18H,11-12,14H2,1-5H3. The van der Waals surface area contributed by atoms with Crippen LogP contribution >= 0.6 is 0 Å². The van der Waals surface area contributed by atoms with Crippen molar-refractivity contribution in [1.82, 2.24) is 4.90 Å². The molecule has 0 saturated heterocycles. The van der Waals surface area contributed by atoms with E-state index < -0.39 is 0 Å². The molecule has 0 aromatic heterocycles. The normalized spacial score (nSPS) is 17.0. The van der Waals surface area contributed by atoms with E-state index in [-0.39, 0.29) is 5.92 Å². The fraction of sp³-hybridized carbons (Fsp3) is 0.632. The maximum Gasteiger partial charge on any atom is 0.0652 e. The van der Waals surface area contributed by atoms with Gasteiger partial charge in [-0.25, -0.2) is 0 Å². The Morgan fingerprint density at radius 2 is 1.67 bits per heavy atom. The van der Waals surface area contributed by atoms with Gasteiger partial charge in [0.05, 0.1) is 6.07 Å². The van der Waals surface area contributed by atoms with Crippen LogP contribution in [0.2, 0.25) is 0 Å². The van der Waals surface area contributed by atoms with Crippen LogP contribution in [0, 0.1) is 23.2 Å². The van der Waals surface area contributed by atoms with Gasteiger partial charge in [-0.05, 0) is 51.1 Å². The van der Waals surface area contributed by atoms with Crippen LogP contribution in [0.4, 0.5) is 0 Å². The second kappa shape index (κ2) is 8.85. The Morgan fingerprint density at radius 1 is 1.05 bits per heavy atom. The van der Waals surface area contributed by atoms with Gasteiger partial charge in [0.15, 0.2) is 0 Å². The molecule has 2 nitrogen and oxygen atoms in total. The minimum Gasteiger partial charge on any atom is -0.303 e. The molecule has 0 radical (unpaired) electrons. The molecule has 1 aromatic carbocycles. The molecular weight excluding hydrogens is 256 g/mol. The smallest absolute Gasteiger partial charge is 0.0652 e. The van der Waals surface area contributed by atoms with Gasteiger partial charge in [-0.15, -0.1) is 0 Å². The zero-order valence-electron chi connectivity index (χ0n) is 14.2. The van der Waals surface area contributed by atoms with E-state index in [4.69, 9.17) is 5.26 Å². The van der Waals surface area contributed by atoms with Gasteiger partial charge >= 0.3 is 0 Å². The van der Waals surface area contributed by atoms with Crippen LogP contribution in [0.25, 0.3) is 0 Å². The second-order valence-corrected chi connectivity index (χ2v) is 6.57. The van der Waals surface area contributed by atoms with Crippen LogP contribution in [0.15, 0.2) is 30.3 Å². The molecule has 4 unspecified atom stereocenters. The number of nitrogens with zero attached hydrogens (tertiary/aromatic N) is 2. The van der Waals surface area contributed by atoms with E-state index in [1.165, 1.54) is 5.56 Å². The second-order valence-electron chi connectivity index (χ2n) is 6.57. The summed E-state index contributed by atoms with van der Waals surface area (Å²) in [5.74, 6) is 1.36. The lowest BCUT2D eigenvalue weighted by Crippen LogP contribution is -2.34. The average molecular weight is 286 g/mol. The predicted molar refractivity (Wildman–Crippen MR) is 90.1 cm³/mol. The van der Waals surface area contributed by atoms with Gasteiger partial charge in [-0.3, -0.25) is 0 Å². The maximum atomic E-state index is 8.87. The SMILES string of the molecule is CC(C#N)CCC(C)N(C)CC(C)C(C)c1ccccc1. The minimum atomic E-state index is 0.168. The molecule has 1 aromatic rings. The summed E-state index contributed by atoms with van der Waals surface area (Å²) >= 11 is 0. The molecule has 0 spiro atoms. The summed E-state index contributed by atoms with van der Waals surface area (Å²) in [5, 5.41) is 8.87. The lowest BCUT2D eigenvalue weighted by atomic mass is 9.88. The minimum absolute atomic E-state index is 0.168. The van der Waals surface area contributed by atoms with Crippen LogP contribution < -0.4 is 0 Å². The van der Waals surface area contributed by atoms with E-state index in [0.29, 0.717) is 17.9 Å². The third kappa shape index (κ3) is 5.89. The maximum absolute atomic E-state index is 8.87. The van der Waals surface area contributed by atoms with Crippen molar-refractivity contribution in [1.29, 1.82) is 5.26 Å². The van der Waals surface area contributed by atoms with E-state index in [1.54, 1.807) is 0 Å². The average Bonchev–Trinajstić information content (AvgIpc) is 2.51. The molecule has 0 aliphatic carbocycles. The molecule has 0 aliphatic heterocycles. The Morgan fingerprint density at radius 3 is 2.24 bits per heavy atom. The highest BCUT2D eigenvalue weighted by Crippen LogP contribution is 2.25. The first-order valence-electron chi connectivity index (χ1n) is 8.10. The highest BCUT2D eigenvalue weighted by Gasteiger charge is 2.19. The molecule has 0 amide bonds. The van der Waals surface area contributed by atoms with E-state index in [2.05, 4.69) is 69.1 Å². The van der Waals surface area contributed by atoms with E-state index >= 15 is 0 Å². The summed E-state index contributed by atoms with van der Waals surface area (Å²) in [4.78, 5) is 2.44. The van der Waals surface area contributed by atoms with E-state index in [0.717, 1.165) is 19.4 Å². The summed E-state index contributed by atoms with van der Waals surface area (Å²) in [6.07, 6.45) is 2.09. The molecule has 0 heterocycles. The molecule has 0 saturated carbocycles. The third-order valence-electron chi connectivity index (χ3n) is 4.75. The van der Waals surface area contributed by atoms with Crippen LogP contribution in [-0.2, 0) is 0 Å². The first-order valence-corrected chi connectivity index (χ1v) is 8.10. The first-order chi connectivity index (χ1) is 9.95. The highest BCUT2D eigenvalue weighted by molar-refractivity contribution is 5.19. The molecule has 0 fully saturated rings. The molecule has 0 N–H and O–H groups in total.